The molecule has 0 aliphatic rings. The zero-order chi connectivity index (χ0) is 17.7. The first-order valence-electron chi connectivity index (χ1n) is 7.79. The maximum absolute atomic E-state index is 12.4. The largest absolute Gasteiger partial charge is 0.481 e. The molecule has 0 saturated carbocycles. The minimum atomic E-state index is -1.00. The van der Waals surface area contributed by atoms with Gasteiger partial charge in [-0.25, -0.2) is 4.79 Å². The van der Waals surface area contributed by atoms with Gasteiger partial charge in [-0.2, -0.15) is 0 Å². The quantitative estimate of drug-likeness (QED) is 0.846. The predicted octanol–water partition coefficient (Wildman–Crippen LogP) is 3.80. The molecule has 0 aliphatic carbocycles. The molecule has 126 valence electrons. The second-order valence-corrected chi connectivity index (χ2v) is 5.63. The van der Waals surface area contributed by atoms with Crippen LogP contribution in [0.5, 0.6) is 5.75 Å². The van der Waals surface area contributed by atoms with E-state index < -0.39 is 12.1 Å². The SMILES string of the molecule is CC[C@H](Oc1ccc(C)c(C)c1)C(=O)Nc1ccc(C(=O)O)cc1. The van der Waals surface area contributed by atoms with Crippen molar-refractivity contribution >= 4 is 17.6 Å². The van der Waals surface area contributed by atoms with Crippen molar-refractivity contribution in [2.45, 2.75) is 33.3 Å². The molecule has 0 radical (unpaired) electrons. The van der Waals surface area contributed by atoms with Gasteiger partial charge in [-0.3, -0.25) is 4.79 Å². The predicted molar refractivity (Wildman–Crippen MR) is 92.7 cm³/mol. The fraction of sp³-hybridized carbons (Fsp3) is 0.263. The molecule has 1 amide bonds. The summed E-state index contributed by atoms with van der Waals surface area (Å²) in [6, 6.07) is 11.7. The van der Waals surface area contributed by atoms with Crippen LogP contribution in [-0.2, 0) is 4.79 Å². The number of carboxylic acid groups (broad SMARTS) is 1. The topological polar surface area (TPSA) is 75.6 Å². The second kappa shape index (κ2) is 7.64. The number of hydrogen-bond acceptors (Lipinski definition) is 3. The van der Waals surface area contributed by atoms with Crippen LogP contribution < -0.4 is 10.1 Å². The molecule has 0 spiro atoms. The highest BCUT2D eigenvalue weighted by atomic mass is 16.5. The number of rotatable bonds is 6. The van der Waals surface area contributed by atoms with Gasteiger partial charge in [0.25, 0.3) is 5.91 Å². The van der Waals surface area contributed by atoms with Gasteiger partial charge < -0.3 is 15.2 Å². The zero-order valence-corrected chi connectivity index (χ0v) is 14.0. The number of benzene rings is 2. The fourth-order valence-electron chi connectivity index (χ4n) is 2.19. The van der Waals surface area contributed by atoms with Gasteiger partial charge in [0.1, 0.15) is 5.75 Å². The van der Waals surface area contributed by atoms with Crippen molar-refractivity contribution in [2.24, 2.45) is 0 Å². The molecule has 0 bridgehead atoms. The van der Waals surface area contributed by atoms with Crippen LogP contribution in [-0.4, -0.2) is 23.1 Å². The molecule has 0 saturated heterocycles. The number of aryl methyl sites for hydroxylation is 2. The number of carbonyl (C=O) groups is 2. The summed E-state index contributed by atoms with van der Waals surface area (Å²) in [6.45, 7) is 5.88. The first-order chi connectivity index (χ1) is 11.4. The number of hydrogen-bond donors (Lipinski definition) is 2. The number of amides is 1. The van der Waals surface area contributed by atoms with Crippen LogP contribution in [0.15, 0.2) is 42.5 Å². The van der Waals surface area contributed by atoms with Crippen molar-refractivity contribution in [3.63, 3.8) is 0 Å². The number of carbonyl (C=O) groups excluding carboxylic acids is 1. The normalized spacial score (nSPS) is 11.6. The van der Waals surface area contributed by atoms with E-state index in [0.717, 1.165) is 5.56 Å². The van der Waals surface area contributed by atoms with Crippen LogP contribution in [0.1, 0.15) is 34.8 Å². The van der Waals surface area contributed by atoms with Crippen LogP contribution in [0.25, 0.3) is 0 Å². The zero-order valence-electron chi connectivity index (χ0n) is 14.0. The molecule has 0 heterocycles. The van der Waals surface area contributed by atoms with E-state index in [4.69, 9.17) is 9.84 Å². The molecule has 0 fully saturated rings. The Morgan fingerprint density at radius 3 is 2.29 bits per heavy atom. The molecular formula is C19H21NO4. The van der Waals surface area contributed by atoms with Crippen molar-refractivity contribution in [1.82, 2.24) is 0 Å². The number of carboxylic acids is 1. The maximum atomic E-state index is 12.4. The summed E-state index contributed by atoms with van der Waals surface area (Å²) in [5.41, 5.74) is 2.98. The molecule has 2 aromatic carbocycles. The highest BCUT2D eigenvalue weighted by molar-refractivity contribution is 5.95. The van der Waals surface area contributed by atoms with E-state index in [1.54, 1.807) is 12.1 Å². The lowest BCUT2D eigenvalue weighted by Gasteiger charge is -2.18. The van der Waals surface area contributed by atoms with Gasteiger partial charge in [-0.05, 0) is 67.8 Å². The molecule has 5 heteroatoms. The molecular weight excluding hydrogens is 306 g/mol. The Balaban J connectivity index is 2.05. The highest BCUT2D eigenvalue weighted by Crippen LogP contribution is 2.19. The summed E-state index contributed by atoms with van der Waals surface area (Å²) < 4.78 is 5.79. The lowest BCUT2D eigenvalue weighted by Crippen LogP contribution is -2.32. The monoisotopic (exact) mass is 327 g/mol. The van der Waals surface area contributed by atoms with E-state index in [-0.39, 0.29) is 11.5 Å². The van der Waals surface area contributed by atoms with Gasteiger partial charge >= 0.3 is 5.97 Å². The summed E-state index contributed by atoms with van der Waals surface area (Å²) >= 11 is 0. The van der Waals surface area contributed by atoms with E-state index in [1.165, 1.54) is 17.7 Å². The smallest absolute Gasteiger partial charge is 0.335 e. The van der Waals surface area contributed by atoms with Crippen molar-refractivity contribution in [2.75, 3.05) is 5.32 Å². The van der Waals surface area contributed by atoms with Crippen LogP contribution in [0, 0.1) is 13.8 Å². The van der Waals surface area contributed by atoms with Gasteiger partial charge in [0.2, 0.25) is 0 Å². The van der Waals surface area contributed by atoms with Crippen LogP contribution in [0.3, 0.4) is 0 Å². The standard InChI is InChI=1S/C19H21NO4/c1-4-17(24-16-10-5-12(2)13(3)11-16)18(21)20-15-8-6-14(7-9-15)19(22)23/h5-11,17H,4H2,1-3H3,(H,20,21)(H,22,23)/t17-/m0/s1. The average molecular weight is 327 g/mol. The number of aromatic carboxylic acids is 1. The Bertz CT molecular complexity index is 738. The lowest BCUT2D eigenvalue weighted by atomic mass is 10.1. The van der Waals surface area contributed by atoms with E-state index in [1.807, 2.05) is 39.0 Å². The van der Waals surface area contributed by atoms with Crippen LogP contribution in [0.4, 0.5) is 5.69 Å². The molecule has 0 aliphatic heterocycles. The third-order valence-electron chi connectivity index (χ3n) is 3.82. The van der Waals surface area contributed by atoms with E-state index >= 15 is 0 Å². The number of ether oxygens (including phenoxy) is 1. The Kier molecular flexibility index (Phi) is 5.58. The Hall–Kier alpha value is -2.82. The summed E-state index contributed by atoms with van der Waals surface area (Å²) in [7, 11) is 0. The second-order valence-electron chi connectivity index (χ2n) is 5.63. The summed E-state index contributed by atoms with van der Waals surface area (Å²) in [5, 5.41) is 11.6. The number of anilines is 1. The van der Waals surface area contributed by atoms with Crippen LogP contribution >= 0.6 is 0 Å². The minimum Gasteiger partial charge on any atom is -0.481 e. The van der Waals surface area contributed by atoms with E-state index in [2.05, 4.69) is 5.32 Å². The molecule has 2 aromatic rings. The first kappa shape index (κ1) is 17.5. The van der Waals surface area contributed by atoms with Crippen molar-refractivity contribution < 1.29 is 19.4 Å². The highest BCUT2D eigenvalue weighted by Gasteiger charge is 2.19. The Morgan fingerprint density at radius 2 is 1.75 bits per heavy atom. The van der Waals surface area contributed by atoms with Gasteiger partial charge in [0, 0.05) is 5.69 Å². The van der Waals surface area contributed by atoms with E-state index in [9.17, 15) is 9.59 Å². The van der Waals surface area contributed by atoms with Gasteiger partial charge in [-0.1, -0.05) is 13.0 Å². The summed E-state index contributed by atoms with van der Waals surface area (Å²) in [5.74, 6) is -0.613. The third-order valence-corrected chi connectivity index (χ3v) is 3.82. The molecule has 0 unspecified atom stereocenters. The van der Waals surface area contributed by atoms with Gasteiger partial charge in [0.15, 0.2) is 6.10 Å². The van der Waals surface area contributed by atoms with Gasteiger partial charge in [0.05, 0.1) is 5.56 Å². The summed E-state index contributed by atoms with van der Waals surface area (Å²) in [6.07, 6.45) is -0.0994. The van der Waals surface area contributed by atoms with Crippen molar-refractivity contribution in [3.05, 3.63) is 59.2 Å². The Labute approximate surface area is 141 Å². The molecule has 5 nitrogen and oxygen atoms in total. The van der Waals surface area contributed by atoms with Gasteiger partial charge in [-0.15, -0.1) is 0 Å². The minimum absolute atomic E-state index is 0.173. The first-order valence-corrected chi connectivity index (χ1v) is 7.79. The van der Waals surface area contributed by atoms with Crippen molar-refractivity contribution in [1.29, 1.82) is 0 Å². The molecule has 2 N–H and O–H groups in total. The third kappa shape index (κ3) is 4.35. The fourth-order valence-corrected chi connectivity index (χ4v) is 2.19. The van der Waals surface area contributed by atoms with Crippen LogP contribution in [0.2, 0.25) is 0 Å². The summed E-state index contributed by atoms with van der Waals surface area (Å²) in [4.78, 5) is 23.2. The average Bonchev–Trinajstić information content (AvgIpc) is 2.56. The van der Waals surface area contributed by atoms with E-state index in [0.29, 0.717) is 17.9 Å². The lowest BCUT2D eigenvalue weighted by molar-refractivity contribution is -0.122. The Morgan fingerprint density at radius 1 is 1.08 bits per heavy atom. The molecule has 1 atom stereocenters. The maximum Gasteiger partial charge on any atom is 0.335 e. The molecule has 24 heavy (non-hydrogen) atoms. The van der Waals surface area contributed by atoms with Crippen molar-refractivity contribution in [3.8, 4) is 5.75 Å². The number of nitrogens with one attached hydrogen (secondary N) is 1. The molecule has 0 aromatic heterocycles. The molecule has 2 rings (SSSR count).